The van der Waals surface area contributed by atoms with Crippen LogP contribution in [0.25, 0.3) is 0 Å². The molecule has 33 heavy (non-hydrogen) atoms. The van der Waals surface area contributed by atoms with E-state index in [-0.39, 0.29) is 35.2 Å². The zero-order valence-electron chi connectivity index (χ0n) is 19.2. The fourth-order valence-electron chi connectivity index (χ4n) is 6.30. The lowest BCUT2D eigenvalue weighted by atomic mass is 9.50. The molecule has 2 bridgehead atoms. The minimum atomic E-state index is -1.13. The molecule has 0 unspecified atom stereocenters. The average molecular weight is 456 g/mol. The van der Waals surface area contributed by atoms with Crippen molar-refractivity contribution in [2.45, 2.75) is 70.4 Å². The monoisotopic (exact) mass is 456 g/mol. The van der Waals surface area contributed by atoms with Gasteiger partial charge in [-0.3, -0.25) is 4.79 Å². The molecule has 5 rings (SSSR count). The molecule has 1 spiro atoms. The molecule has 0 radical (unpaired) electrons. The van der Waals surface area contributed by atoms with Gasteiger partial charge in [0.25, 0.3) is 0 Å². The third-order valence-corrected chi connectivity index (χ3v) is 8.19. The van der Waals surface area contributed by atoms with Crippen molar-refractivity contribution in [3.63, 3.8) is 0 Å². The van der Waals surface area contributed by atoms with E-state index in [2.05, 4.69) is 0 Å². The second-order valence-corrected chi connectivity index (χ2v) is 10.3. The summed E-state index contributed by atoms with van der Waals surface area (Å²) in [7, 11) is 0. The number of hydrogen-bond acceptors (Lipinski definition) is 8. The van der Waals surface area contributed by atoms with E-state index in [1.807, 2.05) is 27.7 Å². The van der Waals surface area contributed by atoms with E-state index < -0.39 is 40.8 Å². The molecule has 6 atom stereocenters. The molecular weight excluding hydrogens is 428 g/mol. The van der Waals surface area contributed by atoms with Crippen molar-refractivity contribution in [3.05, 3.63) is 48.3 Å². The molecule has 8 heteroatoms. The van der Waals surface area contributed by atoms with Crippen molar-refractivity contribution >= 4 is 17.7 Å². The highest BCUT2D eigenvalue weighted by atomic mass is 16.6. The van der Waals surface area contributed by atoms with Crippen LogP contribution in [-0.4, -0.2) is 41.1 Å². The summed E-state index contributed by atoms with van der Waals surface area (Å²) in [6.45, 7) is 7.91. The van der Waals surface area contributed by atoms with Crippen LogP contribution in [0.4, 0.5) is 0 Å². The summed E-state index contributed by atoms with van der Waals surface area (Å²) in [6.07, 6.45) is 4.94. The average Bonchev–Trinajstić information content (AvgIpc) is 3.50. The molecule has 3 heterocycles. The molecule has 0 N–H and O–H groups in total. The number of ether oxygens (including phenoxy) is 3. The zero-order chi connectivity index (χ0) is 23.6. The highest BCUT2D eigenvalue weighted by Crippen LogP contribution is 2.66. The van der Waals surface area contributed by atoms with Gasteiger partial charge in [0.1, 0.15) is 18.6 Å². The summed E-state index contributed by atoms with van der Waals surface area (Å²) in [6, 6.07) is 3.02. The van der Waals surface area contributed by atoms with Crippen LogP contribution in [0.5, 0.6) is 0 Å². The molecule has 1 saturated heterocycles. The number of rotatable bonds is 4. The summed E-state index contributed by atoms with van der Waals surface area (Å²) < 4.78 is 28.7. The third-order valence-electron chi connectivity index (χ3n) is 8.19. The maximum atomic E-state index is 13.4. The van der Waals surface area contributed by atoms with Gasteiger partial charge in [-0.15, -0.1) is 0 Å². The van der Waals surface area contributed by atoms with E-state index in [9.17, 15) is 14.4 Å². The first-order chi connectivity index (χ1) is 15.6. The van der Waals surface area contributed by atoms with Crippen LogP contribution in [-0.2, 0) is 19.0 Å². The fourth-order valence-corrected chi connectivity index (χ4v) is 6.30. The molecule has 2 aromatic heterocycles. The Morgan fingerprint density at radius 2 is 1.61 bits per heavy atom. The molecule has 0 aromatic carbocycles. The number of furan rings is 2. The Kier molecular flexibility index (Phi) is 4.87. The smallest absolute Gasteiger partial charge is 0.342 e. The van der Waals surface area contributed by atoms with Gasteiger partial charge >= 0.3 is 11.9 Å². The largest absolute Gasteiger partial charge is 0.472 e. The van der Waals surface area contributed by atoms with E-state index in [0.29, 0.717) is 12.8 Å². The quantitative estimate of drug-likeness (QED) is 0.631. The molecular formula is C25H28O8. The van der Waals surface area contributed by atoms with Gasteiger partial charge in [0.15, 0.2) is 11.9 Å². The Morgan fingerprint density at radius 1 is 1.00 bits per heavy atom. The third kappa shape index (κ3) is 3.10. The van der Waals surface area contributed by atoms with Crippen LogP contribution in [0.15, 0.2) is 46.0 Å². The normalized spacial score (nSPS) is 36.8. The lowest BCUT2D eigenvalue weighted by molar-refractivity contribution is -0.245. The predicted molar refractivity (Wildman–Crippen MR) is 113 cm³/mol. The van der Waals surface area contributed by atoms with Gasteiger partial charge in [-0.25, -0.2) is 9.59 Å². The van der Waals surface area contributed by atoms with Crippen LogP contribution >= 0.6 is 0 Å². The Morgan fingerprint density at radius 3 is 2.18 bits per heavy atom. The number of hydrogen-bond donors (Lipinski definition) is 0. The summed E-state index contributed by atoms with van der Waals surface area (Å²) >= 11 is 0. The minimum Gasteiger partial charge on any atom is -0.472 e. The minimum absolute atomic E-state index is 0.119. The molecule has 2 aromatic rings. The highest BCUT2D eigenvalue weighted by molar-refractivity contribution is 5.94. The summed E-state index contributed by atoms with van der Waals surface area (Å²) in [4.78, 5) is 39.2. The van der Waals surface area contributed by atoms with E-state index in [0.717, 1.165) is 0 Å². The highest BCUT2D eigenvalue weighted by Gasteiger charge is 2.75. The van der Waals surface area contributed by atoms with Crippen molar-refractivity contribution in [2.24, 2.45) is 17.3 Å². The number of carbonyl (C=O) groups is 3. The van der Waals surface area contributed by atoms with Crippen LogP contribution in [0, 0.1) is 17.3 Å². The maximum absolute atomic E-state index is 13.4. The first-order valence-corrected chi connectivity index (χ1v) is 11.3. The standard InChI is InChI=1S/C25H28O8/c1-14-9-18(26)20(32-22(28)16-6-8-30-13-16)24(4)19(31-21(27)15-5-7-29-12-15)10-17-11-25(14,24)33-23(17,2)3/h5-8,12-14,17,19-20H,9-11H2,1-4H3/t14-,17-,19+,20+,24-,25+/m1/s1. The maximum Gasteiger partial charge on any atom is 0.342 e. The second-order valence-electron chi connectivity index (χ2n) is 10.3. The molecule has 2 saturated carbocycles. The van der Waals surface area contributed by atoms with Crippen LogP contribution < -0.4 is 0 Å². The first-order valence-electron chi connectivity index (χ1n) is 11.3. The number of Topliss-reactive ketones (excluding diaryl/α,β-unsaturated/α-hetero) is 1. The van der Waals surface area contributed by atoms with Crippen molar-refractivity contribution in [3.8, 4) is 0 Å². The molecule has 3 aliphatic rings. The second kappa shape index (κ2) is 7.32. The molecule has 0 amide bonds. The van der Waals surface area contributed by atoms with Crippen molar-refractivity contribution in [1.82, 2.24) is 0 Å². The van der Waals surface area contributed by atoms with Crippen LogP contribution in [0.2, 0.25) is 0 Å². The van der Waals surface area contributed by atoms with Crippen molar-refractivity contribution in [2.75, 3.05) is 0 Å². The number of ketones is 1. The SMILES string of the molecule is C[C@@H]1CC(=O)[C@H](OC(=O)c2ccoc2)[C@@]2(C)[C@@H](OC(=O)c3ccoc3)C[C@@H]3C[C@]12OC3(C)C. The van der Waals surface area contributed by atoms with E-state index in [1.165, 1.54) is 37.2 Å². The van der Waals surface area contributed by atoms with Crippen LogP contribution in [0.3, 0.4) is 0 Å². The van der Waals surface area contributed by atoms with E-state index >= 15 is 0 Å². The van der Waals surface area contributed by atoms with Gasteiger partial charge in [0, 0.05) is 6.42 Å². The number of fused-ring (bicyclic) bond motifs is 1. The van der Waals surface area contributed by atoms with Crippen molar-refractivity contribution < 1.29 is 37.4 Å². The Labute approximate surface area is 191 Å². The summed E-state index contributed by atoms with van der Waals surface area (Å²) in [5, 5.41) is 0. The predicted octanol–water partition coefficient (Wildman–Crippen LogP) is 4.20. The van der Waals surface area contributed by atoms with Crippen molar-refractivity contribution in [1.29, 1.82) is 0 Å². The summed E-state index contributed by atoms with van der Waals surface area (Å²) in [5.74, 6) is -1.43. The molecule has 1 aliphatic heterocycles. The molecule has 176 valence electrons. The lowest BCUT2D eigenvalue weighted by Gasteiger charge is -2.59. The Balaban J connectivity index is 1.57. The topological polar surface area (TPSA) is 105 Å². The lowest BCUT2D eigenvalue weighted by Crippen LogP contribution is -2.70. The van der Waals surface area contributed by atoms with Gasteiger partial charge in [-0.2, -0.15) is 0 Å². The van der Waals surface area contributed by atoms with Gasteiger partial charge in [0.05, 0.1) is 40.3 Å². The Hall–Kier alpha value is -2.87. The number of esters is 2. The van der Waals surface area contributed by atoms with E-state index in [1.54, 1.807) is 0 Å². The molecule has 2 aliphatic carbocycles. The zero-order valence-corrected chi connectivity index (χ0v) is 19.2. The van der Waals surface area contributed by atoms with Gasteiger partial charge in [-0.05, 0) is 57.6 Å². The van der Waals surface area contributed by atoms with E-state index in [4.69, 9.17) is 23.0 Å². The van der Waals surface area contributed by atoms with Gasteiger partial charge in [0.2, 0.25) is 0 Å². The van der Waals surface area contributed by atoms with Crippen LogP contribution in [0.1, 0.15) is 67.7 Å². The summed E-state index contributed by atoms with van der Waals surface area (Å²) in [5.41, 5.74) is -1.85. The molecule has 3 fully saturated rings. The first kappa shape index (κ1) is 21.9. The van der Waals surface area contributed by atoms with Gasteiger partial charge in [-0.1, -0.05) is 6.92 Å². The fraction of sp³-hybridized carbons (Fsp3) is 0.560. The Bertz CT molecular complexity index is 1070. The molecule has 8 nitrogen and oxygen atoms in total. The van der Waals surface area contributed by atoms with Gasteiger partial charge < -0.3 is 23.0 Å². The number of carbonyl (C=O) groups excluding carboxylic acids is 3.